The average Bonchev–Trinajstić information content (AvgIpc) is 2.97. The summed E-state index contributed by atoms with van der Waals surface area (Å²) < 4.78 is 0. The van der Waals surface area contributed by atoms with Gasteiger partial charge < -0.3 is 16.0 Å². The number of primary amides is 1. The molecule has 0 spiro atoms. The van der Waals surface area contributed by atoms with Gasteiger partial charge in [0, 0.05) is 13.1 Å². The smallest absolute Gasteiger partial charge is 0.242 e. The van der Waals surface area contributed by atoms with Gasteiger partial charge in [-0.25, -0.2) is 0 Å². The normalized spacial score (nSPS) is 31.8. The fraction of sp³-hybridized carbons (Fsp3) is 0.846. The second-order valence-corrected chi connectivity index (χ2v) is 5.50. The van der Waals surface area contributed by atoms with Crippen LogP contribution in [0.5, 0.6) is 0 Å². The van der Waals surface area contributed by atoms with Gasteiger partial charge in [-0.2, -0.15) is 0 Å². The Morgan fingerprint density at radius 3 is 2.78 bits per heavy atom. The molecule has 5 heteroatoms. The van der Waals surface area contributed by atoms with Crippen LogP contribution in [-0.2, 0) is 9.59 Å². The lowest BCUT2D eigenvalue weighted by Gasteiger charge is -2.32. The zero-order chi connectivity index (χ0) is 13.2. The van der Waals surface area contributed by atoms with Crippen LogP contribution in [0.4, 0.5) is 0 Å². The first-order valence-corrected chi connectivity index (χ1v) is 6.93. The molecule has 2 unspecified atom stereocenters. The van der Waals surface area contributed by atoms with Gasteiger partial charge in [0.05, 0.1) is 11.5 Å². The predicted octanol–water partition coefficient (Wildman–Crippen LogP) is 0.243. The molecule has 2 fully saturated rings. The summed E-state index contributed by atoms with van der Waals surface area (Å²) in [6, 6.07) is 0. The second-order valence-electron chi connectivity index (χ2n) is 5.50. The van der Waals surface area contributed by atoms with Crippen LogP contribution in [-0.4, -0.2) is 41.9 Å². The van der Waals surface area contributed by atoms with Gasteiger partial charge in [0.25, 0.3) is 0 Å². The van der Waals surface area contributed by atoms with Gasteiger partial charge in [0.1, 0.15) is 0 Å². The molecule has 3 N–H and O–H groups in total. The highest BCUT2D eigenvalue weighted by molar-refractivity contribution is 5.88. The number of amides is 2. The molecule has 2 atom stereocenters. The number of nitrogens with one attached hydrogen (secondary N) is 1. The van der Waals surface area contributed by atoms with Crippen LogP contribution in [0, 0.1) is 5.92 Å². The van der Waals surface area contributed by atoms with E-state index in [0.717, 1.165) is 32.2 Å². The Hall–Kier alpha value is -1.10. The largest absolute Gasteiger partial charge is 0.369 e. The van der Waals surface area contributed by atoms with Gasteiger partial charge in [-0.05, 0) is 32.2 Å². The fourth-order valence-corrected chi connectivity index (χ4v) is 3.22. The lowest BCUT2D eigenvalue weighted by atomic mass is 9.90. The van der Waals surface area contributed by atoms with Crippen LogP contribution in [0.15, 0.2) is 0 Å². The van der Waals surface area contributed by atoms with E-state index in [1.165, 1.54) is 0 Å². The first kappa shape index (κ1) is 13.3. The van der Waals surface area contributed by atoms with Crippen molar-refractivity contribution < 1.29 is 9.59 Å². The molecule has 5 nitrogen and oxygen atoms in total. The zero-order valence-electron chi connectivity index (χ0n) is 11.1. The number of rotatable bonds is 4. The van der Waals surface area contributed by atoms with E-state index in [0.29, 0.717) is 19.5 Å². The molecule has 2 amide bonds. The van der Waals surface area contributed by atoms with Gasteiger partial charge in [0.2, 0.25) is 11.8 Å². The lowest BCUT2D eigenvalue weighted by Crippen LogP contribution is -2.54. The van der Waals surface area contributed by atoms with Crippen molar-refractivity contribution in [2.75, 3.05) is 19.6 Å². The van der Waals surface area contributed by atoms with E-state index < -0.39 is 0 Å². The minimum atomic E-state index is -0.374. The van der Waals surface area contributed by atoms with Crippen molar-refractivity contribution in [1.29, 1.82) is 0 Å². The number of nitrogens with two attached hydrogens (primary N) is 1. The second kappa shape index (κ2) is 5.26. The molecule has 2 saturated heterocycles. The molecular weight excluding hydrogens is 230 g/mol. The third-order valence-electron chi connectivity index (χ3n) is 4.21. The summed E-state index contributed by atoms with van der Waals surface area (Å²) in [6.45, 7) is 4.19. The van der Waals surface area contributed by atoms with Crippen LogP contribution in [0.1, 0.15) is 39.0 Å². The van der Waals surface area contributed by atoms with E-state index in [4.69, 9.17) is 5.73 Å². The third kappa shape index (κ3) is 2.36. The maximum atomic E-state index is 12.6. The van der Waals surface area contributed by atoms with Crippen molar-refractivity contribution in [3.8, 4) is 0 Å². The molecule has 2 aliphatic heterocycles. The van der Waals surface area contributed by atoms with Crippen molar-refractivity contribution >= 4 is 11.8 Å². The summed E-state index contributed by atoms with van der Waals surface area (Å²) >= 11 is 0. The molecule has 0 aromatic heterocycles. The molecule has 0 aromatic rings. The molecule has 0 aliphatic carbocycles. The Morgan fingerprint density at radius 2 is 2.28 bits per heavy atom. The van der Waals surface area contributed by atoms with Gasteiger partial charge in [0.15, 0.2) is 0 Å². The minimum absolute atomic E-state index is 0.158. The summed E-state index contributed by atoms with van der Waals surface area (Å²) in [5, 5.41) is 3.38. The van der Waals surface area contributed by atoms with Crippen LogP contribution >= 0.6 is 0 Å². The third-order valence-corrected chi connectivity index (χ3v) is 4.21. The van der Waals surface area contributed by atoms with Crippen LogP contribution in [0.25, 0.3) is 0 Å². The molecule has 2 rings (SSSR count). The lowest BCUT2D eigenvalue weighted by molar-refractivity contribution is -0.137. The molecule has 2 aliphatic rings. The van der Waals surface area contributed by atoms with Crippen molar-refractivity contribution in [3.05, 3.63) is 0 Å². The highest BCUT2D eigenvalue weighted by atomic mass is 16.2. The molecule has 2 heterocycles. The molecular formula is C13H23N3O2. The van der Waals surface area contributed by atoms with E-state index in [-0.39, 0.29) is 23.3 Å². The van der Waals surface area contributed by atoms with Gasteiger partial charge in [-0.15, -0.1) is 0 Å². The Kier molecular flexibility index (Phi) is 3.90. The summed E-state index contributed by atoms with van der Waals surface area (Å²) in [6.07, 6.45) is 4.55. The van der Waals surface area contributed by atoms with Crippen LogP contribution < -0.4 is 11.1 Å². The van der Waals surface area contributed by atoms with Crippen molar-refractivity contribution in [2.45, 2.75) is 44.6 Å². The number of hydrogen-bond acceptors (Lipinski definition) is 3. The number of carbonyl (C=O) groups is 2. The minimum Gasteiger partial charge on any atom is -0.369 e. The van der Waals surface area contributed by atoms with Crippen molar-refractivity contribution in [1.82, 2.24) is 10.2 Å². The molecule has 18 heavy (non-hydrogen) atoms. The number of carbonyl (C=O) groups excluding carboxylic acids is 2. The monoisotopic (exact) mass is 253 g/mol. The van der Waals surface area contributed by atoms with Crippen molar-refractivity contribution in [2.24, 2.45) is 11.7 Å². The molecule has 0 bridgehead atoms. The predicted molar refractivity (Wildman–Crippen MR) is 68.8 cm³/mol. The quantitative estimate of drug-likeness (QED) is 0.753. The van der Waals surface area contributed by atoms with E-state index >= 15 is 0 Å². The Morgan fingerprint density at radius 1 is 1.50 bits per heavy atom. The van der Waals surface area contributed by atoms with E-state index in [1.807, 2.05) is 4.90 Å². The van der Waals surface area contributed by atoms with Crippen molar-refractivity contribution in [3.63, 3.8) is 0 Å². The Labute approximate surface area is 108 Å². The highest BCUT2D eigenvalue weighted by Gasteiger charge is 2.44. The van der Waals surface area contributed by atoms with E-state index in [2.05, 4.69) is 12.2 Å². The number of likely N-dealkylation sites (tertiary alicyclic amines) is 1. The molecule has 0 aromatic carbocycles. The van der Waals surface area contributed by atoms with E-state index in [1.54, 1.807) is 0 Å². The fourth-order valence-electron chi connectivity index (χ4n) is 3.22. The Balaban J connectivity index is 2.04. The summed E-state index contributed by atoms with van der Waals surface area (Å²) in [5.41, 5.74) is 4.94. The Bertz CT molecular complexity index is 337. The SMILES string of the molecule is CCCC1(C(=O)N2CCC(C(N)=O)C2)CCCN1. The van der Waals surface area contributed by atoms with Gasteiger partial charge in [-0.3, -0.25) is 9.59 Å². The molecule has 102 valence electrons. The maximum Gasteiger partial charge on any atom is 0.242 e. The van der Waals surface area contributed by atoms with E-state index in [9.17, 15) is 9.59 Å². The first-order valence-electron chi connectivity index (χ1n) is 6.93. The average molecular weight is 253 g/mol. The molecule has 0 saturated carbocycles. The zero-order valence-corrected chi connectivity index (χ0v) is 11.1. The maximum absolute atomic E-state index is 12.6. The highest BCUT2D eigenvalue weighted by Crippen LogP contribution is 2.29. The number of hydrogen-bond donors (Lipinski definition) is 2. The first-order chi connectivity index (χ1) is 8.59. The van der Waals surface area contributed by atoms with Gasteiger partial charge in [-0.1, -0.05) is 13.3 Å². The summed E-state index contributed by atoms with van der Waals surface area (Å²) in [5.74, 6) is -0.270. The van der Waals surface area contributed by atoms with Crippen LogP contribution in [0.3, 0.4) is 0 Å². The summed E-state index contributed by atoms with van der Waals surface area (Å²) in [4.78, 5) is 25.6. The molecule has 0 radical (unpaired) electrons. The standard InChI is InChI=1S/C13H23N3O2/c1-2-5-13(6-3-7-15-13)12(18)16-8-4-10(9-16)11(14)17/h10,15H,2-9H2,1H3,(H2,14,17). The topological polar surface area (TPSA) is 75.4 Å². The van der Waals surface area contributed by atoms with Crippen LogP contribution in [0.2, 0.25) is 0 Å². The van der Waals surface area contributed by atoms with Gasteiger partial charge >= 0.3 is 0 Å². The summed E-state index contributed by atoms with van der Waals surface area (Å²) in [7, 11) is 0. The number of nitrogens with zero attached hydrogens (tertiary/aromatic N) is 1.